The number of halogens is 1. The molecule has 1 saturated heterocycles. The zero-order valence-corrected chi connectivity index (χ0v) is 24.3. The maximum Gasteiger partial charge on any atom is 0.262 e. The fourth-order valence-electron chi connectivity index (χ4n) is 5.31. The molecule has 2 aliphatic heterocycles. The van der Waals surface area contributed by atoms with E-state index in [4.69, 9.17) is 4.98 Å². The summed E-state index contributed by atoms with van der Waals surface area (Å²) in [5, 5.41) is 10.0. The summed E-state index contributed by atoms with van der Waals surface area (Å²) in [6.45, 7) is 1.53. The highest BCUT2D eigenvalue weighted by Crippen LogP contribution is 2.29. The molecule has 0 radical (unpaired) electrons. The van der Waals surface area contributed by atoms with E-state index in [0.29, 0.717) is 0 Å². The van der Waals surface area contributed by atoms with E-state index >= 15 is 0 Å². The average molecular weight is 631 g/mol. The summed E-state index contributed by atoms with van der Waals surface area (Å²) in [4.78, 5) is 59.7. The van der Waals surface area contributed by atoms with Crippen molar-refractivity contribution in [2.75, 3.05) is 11.9 Å². The molecule has 4 aromatic rings. The molecular weight excluding hydrogens is 602 g/mol. The van der Waals surface area contributed by atoms with Gasteiger partial charge in [0.1, 0.15) is 6.04 Å². The van der Waals surface area contributed by atoms with Crippen molar-refractivity contribution >= 4 is 56.3 Å². The minimum Gasteiger partial charge on any atom is -0.385 e. The molecule has 0 saturated carbocycles. The first-order valence-corrected chi connectivity index (χ1v) is 14.7. The van der Waals surface area contributed by atoms with Crippen LogP contribution >= 0.6 is 15.9 Å². The summed E-state index contributed by atoms with van der Waals surface area (Å²) in [5.41, 5.74) is 4.70. The Morgan fingerprint density at radius 3 is 2.62 bits per heavy atom. The van der Waals surface area contributed by atoms with Gasteiger partial charge in [-0.3, -0.25) is 39.1 Å². The van der Waals surface area contributed by atoms with Crippen LogP contribution in [0.3, 0.4) is 0 Å². The lowest BCUT2D eigenvalue weighted by Gasteiger charge is -2.27. The Hall–Kier alpha value is -4.45. The lowest BCUT2D eigenvalue weighted by atomic mass is 10.0. The highest BCUT2D eigenvalue weighted by atomic mass is 79.9. The van der Waals surface area contributed by atoms with Crippen LogP contribution in [0.2, 0.25) is 0 Å². The molecule has 214 valence electrons. The van der Waals surface area contributed by atoms with Gasteiger partial charge in [-0.2, -0.15) is 5.10 Å². The van der Waals surface area contributed by atoms with Crippen molar-refractivity contribution in [3.05, 3.63) is 70.6 Å². The van der Waals surface area contributed by atoms with Crippen molar-refractivity contribution in [3.8, 4) is 11.3 Å². The van der Waals surface area contributed by atoms with Crippen LogP contribution in [0, 0.1) is 0 Å². The molecule has 11 nitrogen and oxygen atoms in total. The Bertz CT molecular complexity index is 1720. The molecule has 4 heterocycles. The van der Waals surface area contributed by atoms with Crippen molar-refractivity contribution in [2.45, 2.75) is 51.1 Å². The van der Waals surface area contributed by atoms with E-state index < -0.39 is 29.7 Å². The van der Waals surface area contributed by atoms with Crippen LogP contribution < -0.4 is 10.6 Å². The van der Waals surface area contributed by atoms with Gasteiger partial charge >= 0.3 is 0 Å². The zero-order chi connectivity index (χ0) is 29.2. The maximum absolute atomic E-state index is 13.0. The number of aromatic nitrogens is 4. The van der Waals surface area contributed by atoms with Gasteiger partial charge in [0.2, 0.25) is 11.8 Å². The SMILES string of the molecule is O=C1CCC(N2C(=O)c3ccc(NCCCCCCn4cc(-c5cnc6ccc(Br)cc6n5)cn4)cc3C2=O)C(=O)N1. The normalized spacial score (nSPS) is 16.7. The van der Waals surface area contributed by atoms with Crippen LogP contribution in [-0.4, -0.2) is 60.9 Å². The number of fused-ring (bicyclic) bond motifs is 2. The Kier molecular flexibility index (Phi) is 7.79. The first-order valence-electron chi connectivity index (χ1n) is 13.9. The molecule has 0 spiro atoms. The molecule has 2 N–H and O–H groups in total. The number of carbonyl (C=O) groups is 4. The fraction of sp³-hybridized carbons (Fsp3) is 0.300. The molecule has 1 atom stereocenters. The number of benzene rings is 2. The van der Waals surface area contributed by atoms with E-state index in [0.717, 1.165) is 76.1 Å². The Morgan fingerprint density at radius 1 is 0.929 bits per heavy atom. The zero-order valence-electron chi connectivity index (χ0n) is 22.7. The highest BCUT2D eigenvalue weighted by molar-refractivity contribution is 9.10. The quantitative estimate of drug-likeness (QED) is 0.195. The third-order valence-electron chi connectivity index (χ3n) is 7.52. The predicted molar refractivity (Wildman–Crippen MR) is 159 cm³/mol. The number of aryl methyl sites for hydroxylation is 1. The molecule has 6 rings (SSSR count). The molecule has 2 aromatic heterocycles. The molecule has 1 fully saturated rings. The Morgan fingerprint density at radius 2 is 1.76 bits per heavy atom. The number of nitrogens with zero attached hydrogens (tertiary/aromatic N) is 5. The van der Waals surface area contributed by atoms with Crippen LogP contribution in [0.5, 0.6) is 0 Å². The summed E-state index contributed by atoms with van der Waals surface area (Å²) in [7, 11) is 0. The molecule has 0 bridgehead atoms. The summed E-state index contributed by atoms with van der Waals surface area (Å²) in [6.07, 6.45) is 9.82. The van der Waals surface area contributed by atoms with E-state index in [1.54, 1.807) is 24.4 Å². The van der Waals surface area contributed by atoms with Gasteiger partial charge in [0, 0.05) is 41.4 Å². The van der Waals surface area contributed by atoms with Gasteiger partial charge in [-0.25, -0.2) is 4.98 Å². The molecule has 0 aliphatic carbocycles. The van der Waals surface area contributed by atoms with Crippen LogP contribution in [0.1, 0.15) is 59.2 Å². The number of carbonyl (C=O) groups excluding carboxylic acids is 4. The van der Waals surface area contributed by atoms with Crippen molar-refractivity contribution in [2.24, 2.45) is 0 Å². The van der Waals surface area contributed by atoms with Crippen molar-refractivity contribution in [1.29, 1.82) is 0 Å². The molecular formula is C30H28BrN7O4. The van der Waals surface area contributed by atoms with Gasteiger partial charge in [-0.1, -0.05) is 28.8 Å². The van der Waals surface area contributed by atoms with Crippen molar-refractivity contribution in [3.63, 3.8) is 0 Å². The molecule has 42 heavy (non-hydrogen) atoms. The number of piperidine rings is 1. The minimum absolute atomic E-state index is 0.0958. The van der Waals surface area contributed by atoms with E-state index in [1.807, 2.05) is 35.3 Å². The third-order valence-corrected chi connectivity index (χ3v) is 8.01. The number of unbranched alkanes of at least 4 members (excludes halogenated alkanes) is 3. The summed E-state index contributed by atoms with van der Waals surface area (Å²) < 4.78 is 2.89. The van der Waals surface area contributed by atoms with Crippen LogP contribution in [0.15, 0.2) is 59.5 Å². The molecule has 4 amide bonds. The van der Waals surface area contributed by atoms with Crippen LogP contribution in [-0.2, 0) is 16.1 Å². The monoisotopic (exact) mass is 629 g/mol. The number of rotatable bonds is 10. The summed E-state index contributed by atoms with van der Waals surface area (Å²) in [5.74, 6) is -2.01. The van der Waals surface area contributed by atoms with E-state index in [1.165, 1.54) is 0 Å². The lowest BCUT2D eigenvalue weighted by Crippen LogP contribution is -2.54. The second kappa shape index (κ2) is 11.8. The minimum atomic E-state index is -0.963. The Labute approximate surface area is 249 Å². The van der Waals surface area contributed by atoms with Crippen LogP contribution in [0.25, 0.3) is 22.3 Å². The van der Waals surface area contributed by atoms with Crippen molar-refractivity contribution in [1.82, 2.24) is 30.0 Å². The number of hydrogen-bond donors (Lipinski definition) is 2. The molecule has 2 aliphatic rings. The summed E-state index contributed by atoms with van der Waals surface area (Å²) >= 11 is 3.48. The van der Waals surface area contributed by atoms with E-state index in [2.05, 4.69) is 36.6 Å². The molecule has 1 unspecified atom stereocenters. The third kappa shape index (κ3) is 5.67. The number of anilines is 1. The predicted octanol–water partition coefficient (Wildman–Crippen LogP) is 4.33. The first kappa shape index (κ1) is 27.7. The fourth-order valence-corrected chi connectivity index (χ4v) is 5.66. The number of nitrogens with one attached hydrogen (secondary N) is 2. The molecule has 12 heteroatoms. The smallest absolute Gasteiger partial charge is 0.262 e. The second-order valence-corrected chi connectivity index (χ2v) is 11.3. The van der Waals surface area contributed by atoms with E-state index in [-0.39, 0.29) is 24.0 Å². The topological polar surface area (TPSA) is 139 Å². The Balaban J connectivity index is 0.946. The van der Waals surface area contributed by atoms with Crippen LogP contribution in [0.4, 0.5) is 5.69 Å². The first-order chi connectivity index (χ1) is 20.4. The van der Waals surface area contributed by atoms with E-state index in [9.17, 15) is 19.2 Å². The standard InChI is InChI=1S/C30H28BrN7O4/c31-19-5-8-23-24(13-19)35-25(16-33-23)18-15-34-37(17-18)12-4-2-1-3-11-32-20-6-7-21-22(14-20)30(42)38(29(21)41)26-9-10-27(39)36-28(26)40/h5-8,13-17,26,32H,1-4,9-12H2,(H,36,39,40). The summed E-state index contributed by atoms with van der Waals surface area (Å²) in [6, 6.07) is 9.92. The van der Waals surface area contributed by atoms with Gasteiger partial charge in [0.25, 0.3) is 11.8 Å². The van der Waals surface area contributed by atoms with Crippen molar-refractivity contribution < 1.29 is 19.2 Å². The number of hydrogen-bond acceptors (Lipinski definition) is 8. The van der Waals surface area contributed by atoms with Gasteiger partial charge < -0.3 is 5.32 Å². The van der Waals surface area contributed by atoms with Gasteiger partial charge in [0.05, 0.1) is 40.2 Å². The van der Waals surface area contributed by atoms with Gasteiger partial charge in [-0.15, -0.1) is 0 Å². The second-order valence-electron chi connectivity index (χ2n) is 10.4. The lowest BCUT2D eigenvalue weighted by molar-refractivity contribution is -0.136. The maximum atomic E-state index is 13.0. The molecule has 2 aromatic carbocycles. The number of amides is 4. The van der Waals surface area contributed by atoms with Gasteiger partial charge in [-0.05, 0) is 55.7 Å². The average Bonchev–Trinajstić information content (AvgIpc) is 3.55. The highest BCUT2D eigenvalue weighted by Gasteiger charge is 2.44. The van der Waals surface area contributed by atoms with Gasteiger partial charge in [0.15, 0.2) is 0 Å². The number of imide groups is 2. The largest absolute Gasteiger partial charge is 0.385 e.